The van der Waals surface area contributed by atoms with Gasteiger partial charge in [-0.3, -0.25) is 9.69 Å². The van der Waals surface area contributed by atoms with Crippen LogP contribution in [-0.2, 0) is 4.79 Å². The Kier molecular flexibility index (Phi) is 7.90. The molecule has 1 unspecified atom stereocenters. The average Bonchev–Trinajstić information content (AvgIpc) is 3.22. The van der Waals surface area contributed by atoms with Crippen LogP contribution >= 0.6 is 0 Å². The van der Waals surface area contributed by atoms with Gasteiger partial charge < -0.3 is 25.2 Å². The summed E-state index contributed by atoms with van der Waals surface area (Å²) in [6.45, 7) is 8.11. The van der Waals surface area contributed by atoms with Gasteiger partial charge >= 0.3 is 6.03 Å². The van der Waals surface area contributed by atoms with Gasteiger partial charge in [0.1, 0.15) is 5.75 Å². The second-order valence-electron chi connectivity index (χ2n) is 9.02. The van der Waals surface area contributed by atoms with Crippen molar-refractivity contribution in [1.82, 2.24) is 15.5 Å². The summed E-state index contributed by atoms with van der Waals surface area (Å²) in [4.78, 5) is 31.3. The summed E-state index contributed by atoms with van der Waals surface area (Å²) < 4.78 is 5.24. The third-order valence-corrected chi connectivity index (χ3v) is 6.55. The van der Waals surface area contributed by atoms with E-state index in [1.807, 2.05) is 43.3 Å². The first-order chi connectivity index (χ1) is 16.5. The molecule has 1 atom stereocenters. The molecular formula is C26H35N5O3. The Bertz CT molecular complexity index is 955. The zero-order chi connectivity index (χ0) is 23.9. The predicted octanol–water partition coefficient (Wildman–Crippen LogP) is 2.62. The predicted molar refractivity (Wildman–Crippen MR) is 135 cm³/mol. The Morgan fingerprint density at radius 2 is 1.68 bits per heavy atom. The highest BCUT2D eigenvalue weighted by Crippen LogP contribution is 2.22. The fraction of sp³-hybridized carbons (Fsp3) is 0.462. The molecule has 0 radical (unpaired) electrons. The molecule has 0 aliphatic carbocycles. The number of anilines is 2. The number of hydrogen-bond donors (Lipinski definition) is 2. The molecule has 2 N–H and O–H groups in total. The Hall–Kier alpha value is -3.26. The van der Waals surface area contributed by atoms with Gasteiger partial charge in [0.2, 0.25) is 5.91 Å². The van der Waals surface area contributed by atoms with Gasteiger partial charge in [0.15, 0.2) is 0 Å². The van der Waals surface area contributed by atoms with E-state index in [1.54, 1.807) is 12.0 Å². The van der Waals surface area contributed by atoms with Crippen LogP contribution in [-0.4, -0.2) is 75.8 Å². The molecule has 8 heteroatoms. The second-order valence-corrected chi connectivity index (χ2v) is 9.02. The van der Waals surface area contributed by atoms with Crippen molar-refractivity contribution in [3.05, 3.63) is 54.1 Å². The Labute approximate surface area is 201 Å². The van der Waals surface area contributed by atoms with Crippen molar-refractivity contribution >= 4 is 23.3 Å². The molecule has 2 aliphatic rings. The number of nitrogens with zero attached hydrogens (tertiary/aromatic N) is 3. The number of hydrogen-bond acceptors (Lipinski definition) is 5. The highest BCUT2D eigenvalue weighted by Gasteiger charge is 2.31. The number of benzene rings is 2. The first kappa shape index (κ1) is 23.9. The molecule has 0 spiro atoms. The standard InChI is InChI=1S/C26H35N5O3/c1-20-4-6-23(7-5-20)31-19-21(18-25(31)32)28-26(33)27-12-3-13-29-14-16-30(17-15-29)22-8-10-24(34-2)11-9-22/h4-11,21H,3,12-19H2,1-2H3,(H2,27,28,33). The fourth-order valence-corrected chi connectivity index (χ4v) is 4.54. The van der Waals surface area contributed by atoms with Gasteiger partial charge in [0, 0.05) is 57.1 Å². The van der Waals surface area contributed by atoms with Crippen LogP contribution in [0.2, 0.25) is 0 Å². The first-order valence-electron chi connectivity index (χ1n) is 12.0. The van der Waals surface area contributed by atoms with E-state index in [9.17, 15) is 9.59 Å². The largest absolute Gasteiger partial charge is 0.497 e. The molecule has 0 aromatic heterocycles. The van der Waals surface area contributed by atoms with Crippen molar-refractivity contribution in [1.29, 1.82) is 0 Å². The molecular weight excluding hydrogens is 430 g/mol. The van der Waals surface area contributed by atoms with Crippen LogP contribution in [0.1, 0.15) is 18.4 Å². The lowest BCUT2D eigenvalue weighted by Crippen LogP contribution is -2.47. The monoisotopic (exact) mass is 465 g/mol. The zero-order valence-corrected chi connectivity index (χ0v) is 20.1. The van der Waals surface area contributed by atoms with Crippen LogP contribution in [0.5, 0.6) is 5.75 Å². The topological polar surface area (TPSA) is 77.1 Å². The lowest BCUT2D eigenvalue weighted by molar-refractivity contribution is -0.117. The van der Waals surface area contributed by atoms with Gasteiger partial charge in [-0.15, -0.1) is 0 Å². The first-order valence-corrected chi connectivity index (χ1v) is 12.0. The Balaban J connectivity index is 1.11. The molecule has 8 nitrogen and oxygen atoms in total. The lowest BCUT2D eigenvalue weighted by atomic mass is 10.2. The van der Waals surface area contributed by atoms with Gasteiger partial charge in [-0.25, -0.2) is 4.79 Å². The van der Waals surface area contributed by atoms with Crippen LogP contribution in [0.25, 0.3) is 0 Å². The number of nitrogens with one attached hydrogen (secondary N) is 2. The highest BCUT2D eigenvalue weighted by molar-refractivity contribution is 5.96. The van der Waals surface area contributed by atoms with Gasteiger partial charge in [-0.2, -0.15) is 0 Å². The fourth-order valence-electron chi connectivity index (χ4n) is 4.54. The highest BCUT2D eigenvalue weighted by atomic mass is 16.5. The molecule has 3 amide bonds. The molecule has 4 rings (SSSR count). The minimum atomic E-state index is -0.201. The van der Waals surface area contributed by atoms with E-state index in [0.29, 0.717) is 19.5 Å². The van der Waals surface area contributed by atoms with Crippen LogP contribution < -0.4 is 25.2 Å². The van der Waals surface area contributed by atoms with E-state index in [4.69, 9.17) is 4.74 Å². The van der Waals surface area contributed by atoms with Crippen molar-refractivity contribution in [3.63, 3.8) is 0 Å². The van der Waals surface area contributed by atoms with E-state index in [-0.39, 0.29) is 18.0 Å². The minimum Gasteiger partial charge on any atom is -0.497 e. The maximum atomic E-state index is 12.4. The molecule has 34 heavy (non-hydrogen) atoms. The summed E-state index contributed by atoms with van der Waals surface area (Å²) in [7, 11) is 1.68. The summed E-state index contributed by atoms with van der Waals surface area (Å²) in [5, 5.41) is 5.89. The molecule has 0 saturated carbocycles. The zero-order valence-electron chi connectivity index (χ0n) is 20.1. The lowest BCUT2D eigenvalue weighted by Gasteiger charge is -2.36. The number of piperazine rings is 1. The summed E-state index contributed by atoms with van der Waals surface area (Å²) in [6, 6.07) is 15.7. The molecule has 2 heterocycles. The van der Waals surface area contributed by atoms with E-state index in [1.165, 1.54) is 5.69 Å². The maximum absolute atomic E-state index is 12.4. The summed E-state index contributed by atoms with van der Waals surface area (Å²) in [6.07, 6.45) is 1.23. The number of aryl methyl sites for hydroxylation is 1. The maximum Gasteiger partial charge on any atom is 0.315 e. The number of carbonyl (C=O) groups excluding carboxylic acids is 2. The van der Waals surface area contributed by atoms with E-state index in [0.717, 1.165) is 56.1 Å². The molecule has 2 fully saturated rings. The smallest absolute Gasteiger partial charge is 0.315 e. The van der Waals surface area contributed by atoms with Gasteiger partial charge in [-0.05, 0) is 56.3 Å². The van der Waals surface area contributed by atoms with E-state index in [2.05, 4.69) is 32.6 Å². The summed E-state index contributed by atoms with van der Waals surface area (Å²) in [5.74, 6) is 0.921. The van der Waals surface area contributed by atoms with E-state index >= 15 is 0 Å². The van der Waals surface area contributed by atoms with Gasteiger partial charge in [0.25, 0.3) is 0 Å². The van der Waals surface area contributed by atoms with Crippen molar-refractivity contribution < 1.29 is 14.3 Å². The van der Waals surface area contributed by atoms with Crippen molar-refractivity contribution in [3.8, 4) is 5.75 Å². The third-order valence-electron chi connectivity index (χ3n) is 6.55. The number of methoxy groups -OCH3 is 1. The third kappa shape index (κ3) is 6.20. The Morgan fingerprint density at radius 3 is 2.35 bits per heavy atom. The number of rotatable bonds is 8. The van der Waals surface area contributed by atoms with Crippen LogP contribution in [0.15, 0.2) is 48.5 Å². The van der Waals surface area contributed by atoms with Crippen molar-refractivity contribution in [2.24, 2.45) is 0 Å². The van der Waals surface area contributed by atoms with E-state index < -0.39 is 0 Å². The van der Waals surface area contributed by atoms with Gasteiger partial charge in [-0.1, -0.05) is 17.7 Å². The average molecular weight is 466 g/mol. The van der Waals surface area contributed by atoms with Crippen molar-refractivity contribution in [2.45, 2.75) is 25.8 Å². The van der Waals surface area contributed by atoms with Crippen LogP contribution in [0.4, 0.5) is 16.2 Å². The molecule has 2 saturated heterocycles. The second kappa shape index (κ2) is 11.2. The summed E-state index contributed by atoms with van der Waals surface area (Å²) >= 11 is 0. The minimum absolute atomic E-state index is 0.0444. The quantitative estimate of drug-likeness (QED) is 0.586. The normalized spacial score (nSPS) is 18.8. The number of amides is 3. The SMILES string of the molecule is COc1ccc(N2CCN(CCCNC(=O)NC3CC(=O)N(c4ccc(C)cc4)C3)CC2)cc1. The molecule has 0 bridgehead atoms. The Morgan fingerprint density at radius 1 is 1.00 bits per heavy atom. The van der Waals surface area contributed by atoms with Gasteiger partial charge in [0.05, 0.1) is 13.2 Å². The van der Waals surface area contributed by atoms with Crippen LogP contribution in [0, 0.1) is 6.92 Å². The molecule has 2 aromatic rings. The number of ether oxygens (including phenoxy) is 1. The summed E-state index contributed by atoms with van der Waals surface area (Å²) in [5.41, 5.74) is 3.26. The number of carbonyl (C=O) groups is 2. The van der Waals surface area contributed by atoms with Crippen molar-refractivity contribution in [2.75, 3.05) is 62.7 Å². The van der Waals surface area contributed by atoms with Crippen LogP contribution in [0.3, 0.4) is 0 Å². The molecule has 2 aromatic carbocycles. The molecule has 2 aliphatic heterocycles. The number of urea groups is 1. The molecule has 182 valence electrons.